The van der Waals surface area contributed by atoms with Crippen molar-refractivity contribution in [1.82, 2.24) is 20.5 Å². The quantitative estimate of drug-likeness (QED) is 0.636. The Morgan fingerprint density at radius 3 is 2.67 bits per heavy atom. The lowest BCUT2D eigenvalue weighted by molar-refractivity contribution is 0.159. The van der Waals surface area contributed by atoms with E-state index < -0.39 is 24.4 Å². The van der Waals surface area contributed by atoms with Gasteiger partial charge in [0.05, 0.1) is 11.7 Å². The number of anilines is 1. The number of halogens is 2. The van der Waals surface area contributed by atoms with Crippen LogP contribution in [0.3, 0.4) is 0 Å². The first kappa shape index (κ1) is 20.4. The summed E-state index contributed by atoms with van der Waals surface area (Å²) in [7, 11) is 3.34. The number of rotatable bonds is 4. The summed E-state index contributed by atoms with van der Waals surface area (Å²) >= 11 is 0. The van der Waals surface area contributed by atoms with Crippen LogP contribution in [0.25, 0.3) is 22.0 Å². The first-order valence-electron chi connectivity index (χ1n) is 10.1. The molecule has 8 heteroatoms. The van der Waals surface area contributed by atoms with Gasteiger partial charge in [-0.3, -0.25) is 4.98 Å². The predicted molar refractivity (Wildman–Crippen MR) is 113 cm³/mol. The Hall–Kier alpha value is -2.87. The number of hydrogen-bond donors (Lipinski definition) is 2. The van der Waals surface area contributed by atoms with E-state index in [0.717, 1.165) is 10.8 Å². The Labute approximate surface area is 174 Å². The van der Waals surface area contributed by atoms with E-state index in [1.807, 2.05) is 6.07 Å². The van der Waals surface area contributed by atoms with Crippen LogP contribution in [0.5, 0.6) is 5.75 Å². The number of pyridine rings is 1. The molecule has 1 aromatic carbocycles. The van der Waals surface area contributed by atoms with E-state index in [2.05, 4.69) is 20.5 Å². The summed E-state index contributed by atoms with van der Waals surface area (Å²) in [4.78, 5) is 5.63. The average Bonchev–Trinajstić information content (AvgIpc) is 2.90. The molecule has 1 aliphatic carbocycles. The molecule has 2 aromatic heterocycles. The molecule has 2 N–H and O–H groups in total. The largest absolute Gasteiger partial charge is 0.507 e. The van der Waals surface area contributed by atoms with Gasteiger partial charge in [0.25, 0.3) is 0 Å². The minimum atomic E-state index is -1.36. The van der Waals surface area contributed by atoms with E-state index in [-0.39, 0.29) is 5.75 Å². The second kappa shape index (κ2) is 8.47. The molecular formula is C22H25F2N5O. The van der Waals surface area contributed by atoms with Crippen LogP contribution in [0.2, 0.25) is 0 Å². The molecule has 0 amide bonds. The summed E-state index contributed by atoms with van der Waals surface area (Å²) < 4.78 is 29.8. The van der Waals surface area contributed by atoms with Gasteiger partial charge in [0.15, 0.2) is 5.82 Å². The molecule has 6 nitrogen and oxygen atoms in total. The lowest BCUT2D eigenvalue weighted by atomic mass is 10.0. The van der Waals surface area contributed by atoms with Crippen molar-refractivity contribution in [3.05, 3.63) is 42.7 Å². The summed E-state index contributed by atoms with van der Waals surface area (Å²) in [5.41, 5.74) is 0.992. The molecule has 0 radical (unpaired) electrons. The normalized spacial score (nSPS) is 24.5. The van der Waals surface area contributed by atoms with Gasteiger partial charge in [-0.05, 0) is 62.0 Å². The number of aromatic hydroxyl groups is 1. The average molecular weight is 413 g/mol. The van der Waals surface area contributed by atoms with Crippen molar-refractivity contribution in [2.45, 2.75) is 43.7 Å². The molecule has 158 valence electrons. The smallest absolute Gasteiger partial charge is 0.151 e. The Morgan fingerprint density at radius 2 is 1.93 bits per heavy atom. The third-order valence-electron chi connectivity index (χ3n) is 5.94. The van der Waals surface area contributed by atoms with Crippen LogP contribution in [0.4, 0.5) is 14.6 Å². The first-order chi connectivity index (χ1) is 14.5. The third-order valence-corrected chi connectivity index (χ3v) is 5.94. The number of nitrogens with zero attached hydrogens (tertiary/aromatic N) is 4. The van der Waals surface area contributed by atoms with Crippen molar-refractivity contribution in [2.24, 2.45) is 0 Å². The molecule has 1 fully saturated rings. The van der Waals surface area contributed by atoms with E-state index in [0.29, 0.717) is 36.3 Å². The van der Waals surface area contributed by atoms with Gasteiger partial charge in [0, 0.05) is 36.4 Å². The second-order valence-corrected chi connectivity index (χ2v) is 7.76. The van der Waals surface area contributed by atoms with Crippen LogP contribution in [0, 0.1) is 0 Å². The van der Waals surface area contributed by atoms with Crippen molar-refractivity contribution in [3.63, 3.8) is 0 Å². The van der Waals surface area contributed by atoms with Crippen molar-refractivity contribution in [1.29, 1.82) is 0 Å². The fourth-order valence-corrected chi connectivity index (χ4v) is 4.20. The summed E-state index contributed by atoms with van der Waals surface area (Å²) in [5.74, 6) is 0.463. The highest BCUT2D eigenvalue weighted by molar-refractivity contribution is 5.89. The maximum Gasteiger partial charge on any atom is 0.151 e. The van der Waals surface area contributed by atoms with Crippen molar-refractivity contribution in [3.8, 4) is 17.0 Å². The molecule has 4 rings (SSSR count). The number of aromatic nitrogens is 3. The summed E-state index contributed by atoms with van der Waals surface area (Å²) in [5, 5.41) is 23.5. The van der Waals surface area contributed by atoms with Crippen LogP contribution in [0.1, 0.15) is 19.3 Å². The van der Waals surface area contributed by atoms with E-state index in [4.69, 9.17) is 0 Å². The lowest BCUT2D eigenvalue weighted by Crippen LogP contribution is -2.52. The summed E-state index contributed by atoms with van der Waals surface area (Å²) in [6.45, 7) is 0. The van der Waals surface area contributed by atoms with Crippen LogP contribution >= 0.6 is 0 Å². The fourth-order valence-electron chi connectivity index (χ4n) is 4.20. The van der Waals surface area contributed by atoms with E-state index in [1.54, 1.807) is 50.8 Å². The molecule has 4 atom stereocenters. The highest BCUT2D eigenvalue weighted by Crippen LogP contribution is 2.33. The molecule has 0 aliphatic heterocycles. The number of phenols is 1. The number of nitrogens with one attached hydrogen (secondary N) is 1. The molecule has 0 unspecified atom stereocenters. The number of fused-ring (bicyclic) bond motifs is 1. The molecule has 30 heavy (non-hydrogen) atoms. The van der Waals surface area contributed by atoms with Gasteiger partial charge in [-0.1, -0.05) is 0 Å². The monoisotopic (exact) mass is 413 g/mol. The number of hydrogen-bond acceptors (Lipinski definition) is 6. The van der Waals surface area contributed by atoms with Gasteiger partial charge in [0.1, 0.15) is 18.1 Å². The highest BCUT2D eigenvalue weighted by atomic mass is 19.1. The molecule has 1 aliphatic rings. The van der Waals surface area contributed by atoms with Crippen molar-refractivity contribution in [2.75, 3.05) is 19.0 Å². The molecule has 0 bridgehead atoms. The van der Waals surface area contributed by atoms with Gasteiger partial charge in [-0.2, -0.15) is 0 Å². The first-order valence-corrected chi connectivity index (χ1v) is 10.1. The molecule has 2 heterocycles. The zero-order chi connectivity index (χ0) is 21.3. The number of phenolic OH excluding ortho intramolecular Hbond substituents is 1. The highest BCUT2D eigenvalue weighted by Gasteiger charge is 2.40. The molecule has 0 saturated heterocycles. The maximum absolute atomic E-state index is 15.1. The molecule has 3 aromatic rings. The Bertz CT molecular complexity index is 1020. The zero-order valence-electron chi connectivity index (χ0n) is 17.0. The van der Waals surface area contributed by atoms with Gasteiger partial charge < -0.3 is 15.3 Å². The van der Waals surface area contributed by atoms with Crippen LogP contribution < -0.4 is 10.2 Å². The number of alkyl halides is 2. The van der Waals surface area contributed by atoms with Crippen molar-refractivity contribution < 1.29 is 13.9 Å². The van der Waals surface area contributed by atoms with E-state index in [9.17, 15) is 9.50 Å². The second-order valence-electron chi connectivity index (χ2n) is 7.76. The van der Waals surface area contributed by atoms with Crippen LogP contribution in [0.15, 0.2) is 42.7 Å². The van der Waals surface area contributed by atoms with Crippen molar-refractivity contribution >= 4 is 16.6 Å². The maximum atomic E-state index is 15.1. The molecule has 1 saturated carbocycles. The molecular weight excluding hydrogens is 388 g/mol. The van der Waals surface area contributed by atoms with Gasteiger partial charge in [-0.25, -0.2) is 8.78 Å². The number of benzene rings is 1. The Kier molecular flexibility index (Phi) is 5.76. The minimum absolute atomic E-state index is 0.0809. The Morgan fingerprint density at radius 1 is 1.10 bits per heavy atom. The fraction of sp³-hybridized carbons (Fsp3) is 0.409. The SMILES string of the molecule is CN[C@H]1CCC[C@@H](F)[C@@H](N(C)c2ccc(-c3cc4cnccc4cc3O)nn2)[C@H]1F. The Balaban J connectivity index is 1.62. The van der Waals surface area contributed by atoms with Crippen LogP contribution in [-0.2, 0) is 0 Å². The third kappa shape index (κ3) is 3.79. The predicted octanol–water partition coefficient (Wildman–Crippen LogP) is 3.65. The van der Waals surface area contributed by atoms with E-state index in [1.165, 1.54) is 4.90 Å². The topological polar surface area (TPSA) is 74.2 Å². The zero-order valence-corrected chi connectivity index (χ0v) is 17.0. The summed E-state index contributed by atoms with van der Waals surface area (Å²) in [6.07, 6.45) is 2.27. The van der Waals surface area contributed by atoms with E-state index >= 15 is 4.39 Å². The minimum Gasteiger partial charge on any atom is -0.507 e. The van der Waals surface area contributed by atoms with Gasteiger partial charge in [-0.15, -0.1) is 10.2 Å². The lowest BCUT2D eigenvalue weighted by Gasteiger charge is -2.34. The van der Waals surface area contributed by atoms with Crippen LogP contribution in [-0.4, -0.2) is 58.8 Å². The molecule has 0 spiro atoms. The summed E-state index contributed by atoms with van der Waals surface area (Å²) in [6, 6.07) is 7.30. The van der Waals surface area contributed by atoms with Gasteiger partial charge >= 0.3 is 0 Å². The van der Waals surface area contributed by atoms with Gasteiger partial charge in [0.2, 0.25) is 0 Å². The standard InChI is InChI=1S/C22H25F2N5O/c1-25-18-5-3-4-16(23)22(21(18)24)29(2)20-7-6-17(27-28-20)15-10-14-12-26-9-8-13(14)11-19(15)30/h6-12,16,18,21-22,25,30H,3-5H2,1-2H3/t16-,18+,21+,22-/m1/s1.